The fourth-order valence-corrected chi connectivity index (χ4v) is 1.82. The van der Waals surface area contributed by atoms with Gasteiger partial charge in [0.05, 0.1) is 19.5 Å². The molecule has 0 spiro atoms. The van der Waals surface area contributed by atoms with E-state index in [-0.39, 0.29) is 5.41 Å². The maximum absolute atomic E-state index is 5.30. The standard InChI is InChI=1S/C9H15NO2/c10-12-7-9(3-4-9)8-2-1-5-11-6-8/h6H,1-5,7,10H2. The molecule has 1 heterocycles. The molecule has 0 bridgehead atoms. The van der Waals surface area contributed by atoms with Crippen LogP contribution in [0.15, 0.2) is 11.8 Å². The Bertz CT molecular complexity index is 197. The zero-order chi connectivity index (χ0) is 8.44. The van der Waals surface area contributed by atoms with Crippen molar-refractivity contribution in [3.63, 3.8) is 0 Å². The van der Waals surface area contributed by atoms with E-state index in [2.05, 4.69) is 0 Å². The summed E-state index contributed by atoms with van der Waals surface area (Å²) in [5.74, 6) is 5.09. The molecule has 0 aromatic rings. The first kappa shape index (κ1) is 8.08. The maximum Gasteiger partial charge on any atom is 0.0876 e. The van der Waals surface area contributed by atoms with Gasteiger partial charge in [0.2, 0.25) is 0 Å². The van der Waals surface area contributed by atoms with Crippen molar-refractivity contribution >= 4 is 0 Å². The molecule has 2 rings (SSSR count). The van der Waals surface area contributed by atoms with Crippen LogP contribution >= 0.6 is 0 Å². The van der Waals surface area contributed by atoms with E-state index in [1.807, 2.05) is 6.26 Å². The van der Waals surface area contributed by atoms with Crippen molar-refractivity contribution in [2.75, 3.05) is 13.2 Å². The molecule has 1 aliphatic heterocycles. The van der Waals surface area contributed by atoms with Crippen LogP contribution in [0.3, 0.4) is 0 Å². The van der Waals surface area contributed by atoms with Crippen LogP contribution in [0.25, 0.3) is 0 Å². The summed E-state index contributed by atoms with van der Waals surface area (Å²) in [4.78, 5) is 4.73. The second-order valence-electron chi connectivity index (χ2n) is 3.71. The van der Waals surface area contributed by atoms with E-state index in [4.69, 9.17) is 15.5 Å². The Labute approximate surface area is 72.5 Å². The Hall–Kier alpha value is -0.540. The first-order chi connectivity index (χ1) is 5.87. The molecule has 2 N–H and O–H groups in total. The Balaban J connectivity index is 2.02. The quantitative estimate of drug-likeness (QED) is 0.648. The highest BCUT2D eigenvalue weighted by Gasteiger charge is 2.46. The molecule has 0 saturated heterocycles. The van der Waals surface area contributed by atoms with Crippen LogP contribution in [0.1, 0.15) is 25.7 Å². The van der Waals surface area contributed by atoms with E-state index in [0.717, 1.165) is 19.4 Å². The lowest BCUT2D eigenvalue weighted by atomic mass is 9.93. The molecule has 1 saturated carbocycles. The minimum atomic E-state index is 0.259. The Morgan fingerprint density at radius 1 is 1.58 bits per heavy atom. The smallest absolute Gasteiger partial charge is 0.0876 e. The molecular formula is C9H15NO2. The van der Waals surface area contributed by atoms with Gasteiger partial charge in [-0.1, -0.05) is 0 Å². The molecule has 2 aliphatic rings. The first-order valence-electron chi connectivity index (χ1n) is 4.50. The monoisotopic (exact) mass is 169 g/mol. The molecular weight excluding hydrogens is 154 g/mol. The van der Waals surface area contributed by atoms with Gasteiger partial charge in [-0.25, -0.2) is 5.90 Å². The van der Waals surface area contributed by atoms with E-state index in [9.17, 15) is 0 Å². The van der Waals surface area contributed by atoms with Crippen LogP contribution in [0.2, 0.25) is 0 Å². The van der Waals surface area contributed by atoms with E-state index in [0.29, 0.717) is 6.61 Å². The van der Waals surface area contributed by atoms with E-state index < -0.39 is 0 Å². The molecule has 3 nitrogen and oxygen atoms in total. The Kier molecular flexibility index (Phi) is 2.07. The van der Waals surface area contributed by atoms with E-state index in [1.54, 1.807) is 0 Å². The van der Waals surface area contributed by atoms with Gasteiger partial charge in [-0.15, -0.1) is 0 Å². The predicted molar refractivity (Wildman–Crippen MR) is 45.1 cm³/mol. The van der Waals surface area contributed by atoms with Crippen molar-refractivity contribution in [3.05, 3.63) is 11.8 Å². The van der Waals surface area contributed by atoms with Crippen LogP contribution < -0.4 is 5.90 Å². The average Bonchev–Trinajstić information content (AvgIpc) is 2.88. The van der Waals surface area contributed by atoms with Gasteiger partial charge in [0, 0.05) is 5.41 Å². The minimum absolute atomic E-state index is 0.259. The normalized spacial score (nSPS) is 25.9. The third-order valence-electron chi connectivity index (χ3n) is 2.83. The fraction of sp³-hybridized carbons (Fsp3) is 0.778. The summed E-state index contributed by atoms with van der Waals surface area (Å²) in [5, 5.41) is 0. The lowest BCUT2D eigenvalue weighted by Crippen LogP contribution is -2.18. The molecule has 0 unspecified atom stereocenters. The number of hydrogen-bond donors (Lipinski definition) is 1. The zero-order valence-electron chi connectivity index (χ0n) is 7.21. The summed E-state index contributed by atoms with van der Waals surface area (Å²) in [6.45, 7) is 1.52. The van der Waals surface area contributed by atoms with Gasteiger partial charge >= 0.3 is 0 Å². The van der Waals surface area contributed by atoms with Crippen LogP contribution in [-0.4, -0.2) is 13.2 Å². The van der Waals surface area contributed by atoms with Crippen LogP contribution in [0.4, 0.5) is 0 Å². The van der Waals surface area contributed by atoms with Crippen LogP contribution in [0, 0.1) is 5.41 Å². The third-order valence-corrected chi connectivity index (χ3v) is 2.83. The van der Waals surface area contributed by atoms with Crippen molar-refractivity contribution in [2.45, 2.75) is 25.7 Å². The molecule has 0 atom stereocenters. The highest BCUT2D eigenvalue weighted by Crippen LogP contribution is 2.53. The second kappa shape index (κ2) is 3.07. The van der Waals surface area contributed by atoms with Crippen molar-refractivity contribution in [2.24, 2.45) is 11.3 Å². The van der Waals surface area contributed by atoms with Gasteiger partial charge in [-0.05, 0) is 31.3 Å². The minimum Gasteiger partial charge on any atom is -0.501 e. The molecule has 0 amide bonds. The van der Waals surface area contributed by atoms with Gasteiger partial charge in [0.25, 0.3) is 0 Å². The first-order valence-corrected chi connectivity index (χ1v) is 4.50. The molecule has 0 aromatic carbocycles. The number of nitrogens with two attached hydrogens (primary N) is 1. The summed E-state index contributed by atoms with van der Waals surface area (Å²) >= 11 is 0. The van der Waals surface area contributed by atoms with Crippen molar-refractivity contribution in [1.82, 2.24) is 0 Å². The highest BCUT2D eigenvalue weighted by atomic mass is 16.6. The van der Waals surface area contributed by atoms with Gasteiger partial charge < -0.3 is 9.57 Å². The van der Waals surface area contributed by atoms with Crippen molar-refractivity contribution in [3.8, 4) is 0 Å². The lowest BCUT2D eigenvalue weighted by Gasteiger charge is -2.21. The zero-order valence-corrected chi connectivity index (χ0v) is 7.21. The van der Waals surface area contributed by atoms with Gasteiger partial charge in [-0.2, -0.15) is 0 Å². The Morgan fingerprint density at radius 2 is 2.42 bits per heavy atom. The molecule has 0 radical (unpaired) electrons. The summed E-state index contributed by atoms with van der Waals surface area (Å²) in [6.07, 6.45) is 6.62. The highest BCUT2D eigenvalue weighted by molar-refractivity contribution is 5.21. The summed E-state index contributed by atoms with van der Waals surface area (Å²) in [6, 6.07) is 0. The fourth-order valence-electron chi connectivity index (χ4n) is 1.82. The Morgan fingerprint density at radius 3 is 2.92 bits per heavy atom. The molecule has 1 aliphatic carbocycles. The number of ether oxygens (including phenoxy) is 1. The number of rotatable bonds is 3. The third kappa shape index (κ3) is 1.34. The average molecular weight is 169 g/mol. The molecule has 0 aromatic heterocycles. The molecule has 1 fully saturated rings. The van der Waals surface area contributed by atoms with Crippen molar-refractivity contribution < 1.29 is 9.57 Å². The second-order valence-corrected chi connectivity index (χ2v) is 3.71. The predicted octanol–water partition coefficient (Wildman–Crippen LogP) is 1.35. The maximum atomic E-state index is 5.30. The molecule has 3 heteroatoms. The lowest BCUT2D eigenvalue weighted by molar-refractivity contribution is 0.0975. The van der Waals surface area contributed by atoms with Crippen molar-refractivity contribution in [1.29, 1.82) is 0 Å². The molecule has 68 valence electrons. The summed E-state index contributed by atoms with van der Waals surface area (Å²) < 4.78 is 5.30. The SMILES string of the molecule is NOCC1(C2=COCCC2)CC1. The number of hydrogen-bond acceptors (Lipinski definition) is 3. The van der Waals surface area contributed by atoms with Gasteiger partial charge in [0.1, 0.15) is 0 Å². The van der Waals surface area contributed by atoms with Crippen LogP contribution in [-0.2, 0) is 9.57 Å². The topological polar surface area (TPSA) is 44.5 Å². The van der Waals surface area contributed by atoms with Gasteiger partial charge in [0.15, 0.2) is 0 Å². The largest absolute Gasteiger partial charge is 0.501 e. The van der Waals surface area contributed by atoms with Gasteiger partial charge in [-0.3, -0.25) is 0 Å². The summed E-state index contributed by atoms with van der Waals surface area (Å²) in [7, 11) is 0. The molecule has 12 heavy (non-hydrogen) atoms. The summed E-state index contributed by atoms with van der Waals surface area (Å²) in [5.41, 5.74) is 1.66. The van der Waals surface area contributed by atoms with E-state index >= 15 is 0 Å². The van der Waals surface area contributed by atoms with E-state index in [1.165, 1.54) is 18.4 Å². The van der Waals surface area contributed by atoms with Crippen LogP contribution in [0.5, 0.6) is 0 Å².